The maximum atomic E-state index is 12.2. The predicted octanol–water partition coefficient (Wildman–Crippen LogP) is 3.55. The van der Waals surface area contributed by atoms with Gasteiger partial charge in [0.1, 0.15) is 17.7 Å². The van der Waals surface area contributed by atoms with Gasteiger partial charge in [0.15, 0.2) is 5.76 Å². The van der Waals surface area contributed by atoms with Crippen molar-refractivity contribution >= 4 is 11.7 Å². The molecule has 1 amide bonds. The van der Waals surface area contributed by atoms with E-state index in [0.29, 0.717) is 17.3 Å². The van der Waals surface area contributed by atoms with E-state index in [4.69, 9.17) is 9.26 Å². The lowest BCUT2D eigenvalue weighted by molar-refractivity contribution is -0.115. The van der Waals surface area contributed by atoms with E-state index < -0.39 is 0 Å². The number of carbonyl (C=O) groups excluding carboxylic acids is 1. The van der Waals surface area contributed by atoms with Crippen LogP contribution in [0.2, 0.25) is 0 Å². The van der Waals surface area contributed by atoms with Crippen molar-refractivity contribution in [3.8, 4) is 17.1 Å². The van der Waals surface area contributed by atoms with E-state index in [2.05, 4.69) is 21.5 Å². The molecule has 0 saturated heterocycles. The zero-order valence-corrected chi connectivity index (χ0v) is 14.7. The van der Waals surface area contributed by atoms with E-state index in [1.54, 1.807) is 12.3 Å². The van der Waals surface area contributed by atoms with Crippen molar-refractivity contribution in [3.63, 3.8) is 0 Å². The molecule has 0 bridgehead atoms. The quantitative estimate of drug-likeness (QED) is 0.779. The molecule has 0 aliphatic carbocycles. The Kier molecular flexibility index (Phi) is 4.16. The molecule has 1 N–H and O–H groups in total. The fourth-order valence-corrected chi connectivity index (χ4v) is 3.06. The Balaban J connectivity index is 1.45. The van der Waals surface area contributed by atoms with Gasteiger partial charge in [-0.1, -0.05) is 5.16 Å². The lowest BCUT2D eigenvalue weighted by Crippen LogP contribution is -2.15. The van der Waals surface area contributed by atoms with Crippen molar-refractivity contribution in [1.82, 2.24) is 10.1 Å². The molecule has 1 aromatic carbocycles. The molecular weight excluding hydrogens is 330 g/mol. The molecule has 0 spiro atoms. The monoisotopic (exact) mass is 349 g/mol. The molecule has 6 heteroatoms. The number of hydrogen-bond donors (Lipinski definition) is 1. The molecule has 132 valence electrons. The van der Waals surface area contributed by atoms with Gasteiger partial charge < -0.3 is 14.6 Å². The van der Waals surface area contributed by atoms with Gasteiger partial charge in [-0.3, -0.25) is 4.79 Å². The molecule has 4 rings (SSSR count). The molecule has 6 nitrogen and oxygen atoms in total. The number of anilines is 1. The number of hydrogen-bond acceptors (Lipinski definition) is 5. The summed E-state index contributed by atoms with van der Waals surface area (Å²) in [5, 5.41) is 6.78. The van der Waals surface area contributed by atoms with Crippen molar-refractivity contribution < 1.29 is 14.1 Å². The van der Waals surface area contributed by atoms with Crippen molar-refractivity contribution in [2.45, 2.75) is 32.8 Å². The largest absolute Gasteiger partial charge is 0.490 e. The summed E-state index contributed by atoms with van der Waals surface area (Å²) in [6, 6.07) is 11.4. The molecule has 0 radical (unpaired) electrons. The number of ether oxygens (including phenoxy) is 1. The Morgan fingerprint density at radius 3 is 3.00 bits per heavy atom. The summed E-state index contributed by atoms with van der Waals surface area (Å²) in [7, 11) is 0. The highest BCUT2D eigenvalue weighted by Gasteiger charge is 2.20. The van der Waals surface area contributed by atoms with Crippen LogP contribution in [0, 0.1) is 6.92 Å². The number of carbonyl (C=O) groups is 1. The molecule has 0 saturated carbocycles. The van der Waals surface area contributed by atoms with E-state index in [9.17, 15) is 4.79 Å². The van der Waals surface area contributed by atoms with Crippen LogP contribution in [-0.2, 0) is 17.6 Å². The normalized spacial score (nSPS) is 15.4. The second-order valence-electron chi connectivity index (χ2n) is 6.58. The molecule has 26 heavy (non-hydrogen) atoms. The highest BCUT2D eigenvalue weighted by Crippen LogP contribution is 2.33. The average Bonchev–Trinajstić information content (AvgIpc) is 3.19. The first-order chi connectivity index (χ1) is 12.6. The molecule has 2 aromatic heterocycles. The first-order valence-electron chi connectivity index (χ1n) is 8.55. The van der Waals surface area contributed by atoms with E-state index in [-0.39, 0.29) is 18.4 Å². The van der Waals surface area contributed by atoms with Crippen LogP contribution < -0.4 is 10.1 Å². The molecule has 3 aromatic rings. The summed E-state index contributed by atoms with van der Waals surface area (Å²) in [6.07, 6.45) is 2.88. The van der Waals surface area contributed by atoms with Gasteiger partial charge in [0.05, 0.1) is 12.1 Å². The standard InChI is InChI=1S/C20H19N3O3/c1-12-5-6-21-19(7-12)22-20(24)11-16-10-18(26-23-16)14-3-4-17-15(9-14)8-13(2)25-17/h3-7,9-10,13H,8,11H2,1-2H3,(H,21,22,24). The van der Waals surface area contributed by atoms with Gasteiger partial charge >= 0.3 is 0 Å². The van der Waals surface area contributed by atoms with Crippen LogP contribution in [0.5, 0.6) is 5.75 Å². The van der Waals surface area contributed by atoms with E-state index in [1.165, 1.54) is 0 Å². The van der Waals surface area contributed by atoms with Gasteiger partial charge in [0.25, 0.3) is 0 Å². The third-order valence-electron chi connectivity index (χ3n) is 4.26. The van der Waals surface area contributed by atoms with Crippen molar-refractivity contribution in [3.05, 3.63) is 59.4 Å². The number of amides is 1. The van der Waals surface area contributed by atoms with Crippen molar-refractivity contribution in [2.75, 3.05) is 5.32 Å². The summed E-state index contributed by atoms with van der Waals surface area (Å²) in [5.41, 5.74) is 3.71. The Morgan fingerprint density at radius 1 is 1.27 bits per heavy atom. The zero-order valence-electron chi connectivity index (χ0n) is 14.7. The van der Waals surface area contributed by atoms with Crippen LogP contribution in [0.15, 0.2) is 47.1 Å². The summed E-state index contributed by atoms with van der Waals surface area (Å²) < 4.78 is 11.1. The number of nitrogens with zero attached hydrogens (tertiary/aromatic N) is 2. The summed E-state index contributed by atoms with van der Waals surface area (Å²) in [6.45, 7) is 4.00. The first kappa shape index (κ1) is 16.3. The Bertz CT molecular complexity index is 964. The fraction of sp³-hybridized carbons (Fsp3) is 0.250. The molecule has 1 atom stereocenters. The molecule has 3 heterocycles. The topological polar surface area (TPSA) is 77.2 Å². The predicted molar refractivity (Wildman–Crippen MR) is 97.0 cm³/mol. The summed E-state index contributed by atoms with van der Waals surface area (Å²) >= 11 is 0. The fourth-order valence-electron chi connectivity index (χ4n) is 3.06. The number of aromatic nitrogens is 2. The maximum absolute atomic E-state index is 12.2. The Morgan fingerprint density at radius 2 is 2.15 bits per heavy atom. The Labute approximate surface area is 151 Å². The minimum Gasteiger partial charge on any atom is -0.490 e. The second kappa shape index (κ2) is 6.63. The Hall–Kier alpha value is -3.15. The zero-order chi connectivity index (χ0) is 18.1. The molecule has 0 fully saturated rings. The number of rotatable bonds is 4. The average molecular weight is 349 g/mol. The second-order valence-corrected chi connectivity index (χ2v) is 6.58. The summed E-state index contributed by atoms with van der Waals surface area (Å²) in [4.78, 5) is 16.3. The molecule has 1 aliphatic rings. The van der Waals surface area contributed by atoms with Crippen LogP contribution in [0.3, 0.4) is 0 Å². The number of pyridine rings is 1. The highest BCUT2D eigenvalue weighted by molar-refractivity contribution is 5.91. The number of nitrogens with one attached hydrogen (secondary N) is 1. The van der Waals surface area contributed by atoms with Crippen molar-refractivity contribution in [2.24, 2.45) is 0 Å². The van der Waals surface area contributed by atoms with Gasteiger partial charge in [-0.2, -0.15) is 0 Å². The van der Waals surface area contributed by atoms with Crippen molar-refractivity contribution in [1.29, 1.82) is 0 Å². The lowest BCUT2D eigenvalue weighted by atomic mass is 10.1. The minimum atomic E-state index is -0.181. The first-order valence-corrected chi connectivity index (χ1v) is 8.55. The van der Waals surface area contributed by atoms with Crippen LogP contribution in [-0.4, -0.2) is 22.2 Å². The van der Waals surface area contributed by atoms with Gasteiger partial charge in [0, 0.05) is 24.2 Å². The number of fused-ring (bicyclic) bond motifs is 1. The van der Waals surface area contributed by atoms with Gasteiger partial charge in [0.2, 0.25) is 5.91 Å². The maximum Gasteiger partial charge on any atom is 0.231 e. The lowest BCUT2D eigenvalue weighted by Gasteiger charge is -2.03. The molecule has 1 unspecified atom stereocenters. The van der Waals surface area contributed by atoms with E-state index in [0.717, 1.165) is 28.9 Å². The van der Waals surface area contributed by atoms with E-state index >= 15 is 0 Å². The van der Waals surface area contributed by atoms with Crippen LogP contribution >= 0.6 is 0 Å². The van der Waals surface area contributed by atoms with Crippen LogP contribution in [0.4, 0.5) is 5.82 Å². The molecular formula is C20H19N3O3. The van der Waals surface area contributed by atoms with Crippen LogP contribution in [0.1, 0.15) is 23.7 Å². The SMILES string of the molecule is Cc1ccnc(NC(=O)Cc2cc(-c3ccc4c(c3)CC(C)O4)on2)c1. The number of benzene rings is 1. The van der Waals surface area contributed by atoms with Gasteiger partial charge in [-0.25, -0.2) is 4.98 Å². The number of aryl methyl sites for hydroxylation is 1. The van der Waals surface area contributed by atoms with Crippen LogP contribution in [0.25, 0.3) is 11.3 Å². The minimum absolute atomic E-state index is 0.129. The van der Waals surface area contributed by atoms with E-state index in [1.807, 2.05) is 38.1 Å². The summed E-state index contributed by atoms with van der Waals surface area (Å²) in [5.74, 6) is 1.92. The highest BCUT2D eigenvalue weighted by atomic mass is 16.5. The van der Waals surface area contributed by atoms with Gasteiger partial charge in [-0.05, 0) is 55.3 Å². The third kappa shape index (κ3) is 3.44. The molecule has 1 aliphatic heterocycles. The third-order valence-corrected chi connectivity index (χ3v) is 4.26. The smallest absolute Gasteiger partial charge is 0.231 e. The van der Waals surface area contributed by atoms with Gasteiger partial charge in [-0.15, -0.1) is 0 Å².